The van der Waals surface area contributed by atoms with Crippen LogP contribution in [0.5, 0.6) is 0 Å². The highest BCUT2D eigenvalue weighted by molar-refractivity contribution is 7.89. The summed E-state index contributed by atoms with van der Waals surface area (Å²) in [5, 5.41) is 2.67. The van der Waals surface area contributed by atoms with Crippen molar-refractivity contribution in [2.45, 2.75) is 24.3 Å². The molecule has 0 aliphatic carbocycles. The first kappa shape index (κ1) is 14.7. The van der Waals surface area contributed by atoms with Crippen LogP contribution < -0.4 is 11.1 Å². The van der Waals surface area contributed by atoms with Gasteiger partial charge in [-0.1, -0.05) is 6.07 Å². The zero-order valence-corrected chi connectivity index (χ0v) is 11.8. The van der Waals surface area contributed by atoms with Crippen molar-refractivity contribution < 1.29 is 17.6 Å². The van der Waals surface area contributed by atoms with Gasteiger partial charge in [-0.3, -0.25) is 4.79 Å². The van der Waals surface area contributed by atoms with E-state index in [1.165, 1.54) is 23.4 Å². The molecule has 1 aromatic rings. The molecule has 1 atom stereocenters. The molecule has 8 heteroatoms. The molecular weight excluding hydrogens is 285 g/mol. The highest BCUT2D eigenvalue weighted by Gasteiger charge is 2.34. The van der Waals surface area contributed by atoms with Crippen LogP contribution in [0.2, 0.25) is 0 Å². The van der Waals surface area contributed by atoms with Crippen LogP contribution in [-0.2, 0) is 14.8 Å². The zero-order chi connectivity index (χ0) is 14.9. The van der Waals surface area contributed by atoms with Gasteiger partial charge >= 0.3 is 0 Å². The van der Waals surface area contributed by atoms with Gasteiger partial charge in [0.2, 0.25) is 15.9 Å². The normalized spacial score (nSPS) is 20.0. The molecule has 110 valence electrons. The van der Waals surface area contributed by atoms with Gasteiger partial charge in [0.15, 0.2) is 0 Å². The molecule has 0 radical (unpaired) electrons. The molecule has 1 unspecified atom stereocenters. The smallest absolute Gasteiger partial charge is 0.245 e. The predicted octanol–water partition coefficient (Wildman–Crippen LogP) is 0.307. The fourth-order valence-electron chi connectivity index (χ4n) is 2.23. The number of halogens is 1. The number of para-hydroxylation sites is 1. The molecule has 3 N–H and O–H groups in total. The summed E-state index contributed by atoms with van der Waals surface area (Å²) >= 11 is 0. The molecule has 1 saturated heterocycles. The quantitative estimate of drug-likeness (QED) is 0.786. The number of carbonyl (C=O) groups is 1. The molecule has 1 heterocycles. The number of nitrogen functional groups attached to an aromatic ring is 1. The fourth-order valence-corrected chi connectivity index (χ4v) is 3.86. The Balaban J connectivity index is 2.24. The second-order valence-corrected chi connectivity index (χ2v) is 6.61. The molecule has 1 amide bonds. The van der Waals surface area contributed by atoms with Crippen LogP contribution in [-0.4, -0.2) is 37.8 Å². The van der Waals surface area contributed by atoms with Crippen LogP contribution in [0.15, 0.2) is 23.1 Å². The molecule has 0 aromatic heterocycles. The molecule has 0 saturated carbocycles. The summed E-state index contributed by atoms with van der Waals surface area (Å²) < 4.78 is 39.4. The van der Waals surface area contributed by atoms with Gasteiger partial charge in [-0.05, 0) is 18.6 Å². The minimum atomic E-state index is -3.84. The van der Waals surface area contributed by atoms with Gasteiger partial charge in [0.25, 0.3) is 0 Å². The Hall–Kier alpha value is -1.67. The molecule has 1 fully saturated rings. The molecule has 1 aliphatic heterocycles. The number of hydrogen-bond donors (Lipinski definition) is 2. The Morgan fingerprint density at radius 3 is 2.85 bits per heavy atom. The topological polar surface area (TPSA) is 92.5 Å². The number of nitrogens with zero attached hydrogens (tertiary/aromatic N) is 1. The van der Waals surface area contributed by atoms with Crippen molar-refractivity contribution >= 4 is 21.6 Å². The van der Waals surface area contributed by atoms with E-state index in [-0.39, 0.29) is 35.6 Å². The number of anilines is 1. The van der Waals surface area contributed by atoms with E-state index >= 15 is 0 Å². The van der Waals surface area contributed by atoms with Crippen LogP contribution in [0.4, 0.5) is 10.1 Å². The Kier molecular flexibility index (Phi) is 3.96. The van der Waals surface area contributed by atoms with E-state index in [2.05, 4.69) is 5.32 Å². The Morgan fingerprint density at radius 1 is 1.50 bits per heavy atom. The largest absolute Gasteiger partial charge is 0.395 e. The molecule has 2 rings (SSSR count). The van der Waals surface area contributed by atoms with E-state index in [1.807, 2.05) is 0 Å². The van der Waals surface area contributed by atoms with Crippen LogP contribution in [0.3, 0.4) is 0 Å². The van der Waals surface area contributed by atoms with E-state index in [1.54, 1.807) is 0 Å². The third kappa shape index (κ3) is 2.75. The number of carbonyl (C=O) groups excluding carboxylic acids is 1. The van der Waals surface area contributed by atoms with Gasteiger partial charge in [-0.15, -0.1) is 0 Å². The van der Waals surface area contributed by atoms with E-state index in [0.717, 1.165) is 6.07 Å². The van der Waals surface area contributed by atoms with E-state index in [9.17, 15) is 17.6 Å². The molecule has 1 aliphatic rings. The minimum absolute atomic E-state index is 0.165. The third-order valence-corrected chi connectivity index (χ3v) is 5.11. The average Bonchev–Trinajstić information content (AvgIpc) is 2.80. The summed E-state index contributed by atoms with van der Waals surface area (Å²) in [5.41, 5.74) is 5.12. The van der Waals surface area contributed by atoms with Gasteiger partial charge in [0.1, 0.15) is 10.7 Å². The standard InChI is InChI=1S/C12H16FN3O3S/c1-8(17)15-9-5-6-16(7-9)20(18,19)11-4-2-3-10(13)12(11)14/h2-4,9H,5-7,14H2,1H3,(H,15,17). The lowest BCUT2D eigenvalue weighted by atomic mass is 10.3. The average molecular weight is 301 g/mol. The second-order valence-electron chi connectivity index (χ2n) is 4.70. The zero-order valence-electron chi connectivity index (χ0n) is 11.0. The van der Waals surface area contributed by atoms with Crippen molar-refractivity contribution in [1.82, 2.24) is 9.62 Å². The maximum atomic E-state index is 13.4. The van der Waals surface area contributed by atoms with E-state index in [0.29, 0.717) is 6.42 Å². The number of nitrogens with one attached hydrogen (secondary N) is 1. The number of sulfonamides is 1. The van der Waals surface area contributed by atoms with Gasteiger partial charge in [0.05, 0.1) is 5.69 Å². The van der Waals surface area contributed by atoms with Crippen molar-refractivity contribution in [1.29, 1.82) is 0 Å². The Bertz CT molecular complexity index is 633. The van der Waals surface area contributed by atoms with E-state index in [4.69, 9.17) is 5.73 Å². The third-order valence-electron chi connectivity index (χ3n) is 3.19. The molecule has 1 aromatic carbocycles. The summed E-state index contributed by atoms with van der Waals surface area (Å²) in [5.74, 6) is -0.969. The first-order chi connectivity index (χ1) is 9.32. The monoisotopic (exact) mass is 301 g/mol. The SMILES string of the molecule is CC(=O)NC1CCN(S(=O)(=O)c2cccc(F)c2N)C1. The maximum absolute atomic E-state index is 13.4. The van der Waals surface area contributed by atoms with Crippen LogP contribution >= 0.6 is 0 Å². The maximum Gasteiger partial charge on any atom is 0.245 e. The number of rotatable bonds is 3. The second kappa shape index (κ2) is 5.37. The summed E-state index contributed by atoms with van der Waals surface area (Å²) in [6, 6.07) is 3.47. The first-order valence-corrected chi connectivity index (χ1v) is 7.57. The summed E-state index contributed by atoms with van der Waals surface area (Å²) in [6.07, 6.45) is 0.522. The van der Waals surface area contributed by atoms with Gasteiger partial charge < -0.3 is 11.1 Å². The fraction of sp³-hybridized carbons (Fsp3) is 0.417. The van der Waals surface area contributed by atoms with Crippen LogP contribution in [0.25, 0.3) is 0 Å². The molecule has 20 heavy (non-hydrogen) atoms. The van der Waals surface area contributed by atoms with Crippen molar-refractivity contribution in [2.24, 2.45) is 0 Å². The lowest BCUT2D eigenvalue weighted by Crippen LogP contribution is -2.37. The molecule has 0 spiro atoms. The van der Waals surface area contributed by atoms with Gasteiger partial charge in [-0.2, -0.15) is 4.31 Å². The molecular formula is C12H16FN3O3S. The van der Waals surface area contributed by atoms with E-state index < -0.39 is 15.8 Å². The summed E-state index contributed by atoms with van der Waals surface area (Å²) in [4.78, 5) is 10.7. The lowest BCUT2D eigenvalue weighted by molar-refractivity contribution is -0.119. The van der Waals surface area contributed by atoms with Crippen molar-refractivity contribution in [3.8, 4) is 0 Å². The first-order valence-electron chi connectivity index (χ1n) is 6.13. The minimum Gasteiger partial charge on any atom is -0.395 e. The number of hydrogen-bond acceptors (Lipinski definition) is 4. The number of nitrogens with two attached hydrogens (primary N) is 1. The summed E-state index contributed by atoms with van der Waals surface area (Å²) in [6.45, 7) is 1.81. The van der Waals surface area contributed by atoms with Gasteiger partial charge in [-0.25, -0.2) is 12.8 Å². The molecule has 6 nitrogen and oxygen atoms in total. The molecule has 0 bridgehead atoms. The Morgan fingerprint density at radius 2 is 2.20 bits per heavy atom. The Labute approximate surface area is 116 Å². The highest BCUT2D eigenvalue weighted by atomic mass is 32.2. The van der Waals surface area contributed by atoms with Crippen LogP contribution in [0.1, 0.15) is 13.3 Å². The van der Waals surface area contributed by atoms with Crippen LogP contribution in [0, 0.1) is 5.82 Å². The van der Waals surface area contributed by atoms with Gasteiger partial charge in [0, 0.05) is 26.1 Å². The van der Waals surface area contributed by atoms with Crippen molar-refractivity contribution in [3.63, 3.8) is 0 Å². The predicted molar refractivity (Wildman–Crippen MR) is 71.8 cm³/mol. The van der Waals surface area contributed by atoms with Crippen molar-refractivity contribution in [2.75, 3.05) is 18.8 Å². The highest BCUT2D eigenvalue weighted by Crippen LogP contribution is 2.27. The summed E-state index contributed by atoms with van der Waals surface area (Å²) in [7, 11) is -3.84. The lowest BCUT2D eigenvalue weighted by Gasteiger charge is -2.18. The number of benzene rings is 1. The van der Waals surface area contributed by atoms with Crippen molar-refractivity contribution in [3.05, 3.63) is 24.0 Å². The number of amides is 1.